The van der Waals surface area contributed by atoms with Crippen LogP contribution in [0.25, 0.3) is 0 Å². The number of aliphatic hydroxyl groups is 1. The predicted octanol–water partition coefficient (Wildman–Crippen LogP) is 5.54. The molecule has 190 valence electrons. The average molecular weight is 467 g/mol. The van der Waals surface area contributed by atoms with E-state index >= 15 is 0 Å². The van der Waals surface area contributed by atoms with Crippen molar-refractivity contribution in [3.63, 3.8) is 0 Å². The number of methoxy groups -OCH3 is 1. The van der Waals surface area contributed by atoms with E-state index in [0.29, 0.717) is 18.6 Å². The normalized spacial score (nSPS) is 26.6. The molecule has 1 unspecified atom stereocenters. The zero-order valence-electron chi connectivity index (χ0n) is 20.8. The summed E-state index contributed by atoms with van der Waals surface area (Å²) in [7, 11) is 1.67. The van der Waals surface area contributed by atoms with E-state index < -0.39 is 5.97 Å². The van der Waals surface area contributed by atoms with Gasteiger partial charge < -0.3 is 24.1 Å². The molecule has 6 heteroatoms. The minimum atomic E-state index is -0.536. The molecule has 6 nitrogen and oxygen atoms in total. The number of hydrogen-bond donors (Lipinski definition) is 1. The van der Waals surface area contributed by atoms with Gasteiger partial charge in [-0.05, 0) is 63.2 Å². The standard InChI is InChI=1S/C27H46O6/c1-4-5-6-7-22-8-12-25(13-9-22)31-16-17-32-26-14-10-23(11-15-26)24(19-30-3)20-33-27(29)21(2)18-28/h16-17,22-26,28H,2,4-15,18-20H2,1,3H3/b17-16-. The van der Waals surface area contributed by atoms with E-state index in [1.165, 1.54) is 38.5 Å². The summed E-state index contributed by atoms with van der Waals surface area (Å²) in [4.78, 5) is 11.8. The Bertz CT molecular complexity index is 573. The van der Waals surface area contributed by atoms with Gasteiger partial charge in [0, 0.05) is 13.0 Å². The molecule has 33 heavy (non-hydrogen) atoms. The van der Waals surface area contributed by atoms with Crippen LogP contribution in [-0.2, 0) is 23.7 Å². The Balaban J connectivity index is 1.61. The molecule has 1 atom stereocenters. The highest BCUT2D eigenvalue weighted by Crippen LogP contribution is 2.33. The minimum Gasteiger partial charge on any atom is -0.495 e. The van der Waals surface area contributed by atoms with Crippen molar-refractivity contribution in [2.24, 2.45) is 17.8 Å². The van der Waals surface area contributed by atoms with Gasteiger partial charge in [-0.15, -0.1) is 0 Å². The number of ether oxygens (including phenoxy) is 4. The lowest BCUT2D eigenvalue weighted by atomic mass is 9.79. The SMILES string of the molecule is C=C(CO)C(=O)OCC(COC)C1CCC(O/C=C\OC2CCC(CCCCC)CC2)CC1. The zero-order valence-corrected chi connectivity index (χ0v) is 20.8. The second kappa shape index (κ2) is 16.2. The van der Waals surface area contributed by atoms with E-state index in [4.69, 9.17) is 24.1 Å². The van der Waals surface area contributed by atoms with Crippen molar-refractivity contribution in [2.75, 3.05) is 26.9 Å². The van der Waals surface area contributed by atoms with E-state index in [1.54, 1.807) is 19.6 Å². The summed E-state index contributed by atoms with van der Waals surface area (Å²) in [5, 5.41) is 9.01. The molecular formula is C27H46O6. The lowest BCUT2D eigenvalue weighted by Gasteiger charge is -2.33. The predicted molar refractivity (Wildman–Crippen MR) is 129 cm³/mol. The van der Waals surface area contributed by atoms with E-state index in [-0.39, 0.29) is 30.8 Å². The molecule has 0 aromatic carbocycles. The molecule has 0 bridgehead atoms. The van der Waals surface area contributed by atoms with Crippen LogP contribution < -0.4 is 0 Å². The lowest BCUT2D eigenvalue weighted by Crippen LogP contribution is -2.31. The molecular weight excluding hydrogens is 420 g/mol. The van der Waals surface area contributed by atoms with Crippen molar-refractivity contribution in [2.45, 2.75) is 96.2 Å². The summed E-state index contributed by atoms with van der Waals surface area (Å²) in [5.41, 5.74) is 0.0808. The average Bonchev–Trinajstić information content (AvgIpc) is 2.85. The van der Waals surface area contributed by atoms with Gasteiger partial charge in [0.1, 0.15) is 12.5 Å². The van der Waals surface area contributed by atoms with Crippen LogP contribution in [0.15, 0.2) is 24.7 Å². The summed E-state index contributed by atoms with van der Waals surface area (Å²) in [5.74, 6) is 0.923. The van der Waals surface area contributed by atoms with Gasteiger partial charge in [0.25, 0.3) is 0 Å². The van der Waals surface area contributed by atoms with Crippen LogP contribution in [0.5, 0.6) is 0 Å². The Labute approximate surface area is 200 Å². The highest BCUT2D eigenvalue weighted by atomic mass is 16.5. The molecule has 0 heterocycles. The van der Waals surface area contributed by atoms with Gasteiger partial charge in [0.15, 0.2) is 0 Å². The molecule has 0 amide bonds. The third-order valence-corrected chi connectivity index (χ3v) is 7.28. The molecule has 1 N–H and O–H groups in total. The maximum Gasteiger partial charge on any atom is 0.335 e. The van der Waals surface area contributed by atoms with Gasteiger partial charge in [-0.1, -0.05) is 39.2 Å². The Morgan fingerprint density at radius 3 is 2.12 bits per heavy atom. The largest absolute Gasteiger partial charge is 0.495 e. The second-order valence-corrected chi connectivity index (χ2v) is 9.80. The molecule has 0 saturated heterocycles. The van der Waals surface area contributed by atoms with Gasteiger partial charge in [-0.3, -0.25) is 0 Å². The van der Waals surface area contributed by atoms with Gasteiger partial charge in [-0.2, -0.15) is 0 Å². The maximum atomic E-state index is 11.8. The summed E-state index contributed by atoms with van der Waals surface area (Å²) in [6.45, 7) is 6.23. The van der Waals surface area contributed by atoms with Crippen molar-refractivity contribution in [1.82, 2.24) is 0 Å². The Hall–Kier alpha value is -1.53. The third kappa shape index (κ3) is 10.5. The summed E-state index contributed by atoms with van der Waals surface area (Å²) in [6.07, 6.45) is 18.3. The van der Waals surface area contributed by atoms with Crippen LogP contribution in [0.4, 0.5) is 0 Å². The van der Waals surface area contributed by atoms with E-state index in [9.17, 15) is 4.79 Å². The smallest absolute Gasteiger partial charge is 0.335 e. The molecule has 2 rings (SSSR count). The summed E-state index contributed by atoms with van der Waals surface area (Å²) >= 11 is 0. The first-order chi connectivity index (χ1) is 16.1. The van der Waals surface area contributed by atoms with Crippen molar-refractivity contribution >= 4 is 5.97 Å². The number of rotatable bonds is 15. The second-order valence-electron chi connectivity index (χ2n) is 9.80. The minimum absolute atomic E-state index is 0.0808. The molecule has 2 aliphatic rings. The van der Waals surface area contributed by atoms with E-state index in [2.05, 4.69) is 13.5 Å². The highest BCUT2D eigenvalue weighted by molar-refractivity contribution is 5.87. The van der Waals surface area contributed by atoms with Gasteiger partial charge in [-0.25, -0.2) is 4.79 Å². The van der Waals surface area contributed by atoms with Crippen LogP contribution in [0.3, 0.4) is 0 Å². The first-order valence-corrected chi connectivity index (χ1v) is 13.0. The summed E-state index contributed by atoms with van der Waals surface area (Å²) in [6, 6.07) is 0. The fourth-order valence-electron chi connectivity index (χ4n) is 5.11. The van der Waals surface area contributed by atoms with Gasteiger partial charge in [0.05, 0.1) is 37.6 Å². The molecule has 2 saturated carbocycles. The number of hydrogen-bond acceptors (Lipinski definition) is 6. The highest BCUT2D eigenvalue weighted by Gasteiger charge is 2.29. The Kier molecular flexibility index (Phi) is 13.6. The molecule has 0 spiro atoms. The van der Waals surface area contributed by atoms with Crippen LogP contribution in [0.2, 0.25) is 0 Å². The van der Waals surface area contributed by atoms with Crippen molar-refractivity contribution in [3.05, 3.63) is 24.7 Å². The van der Waals surface area contributed by atoms with Crippen LogP contribution in [-0.4, -0.2) is 50.2 Å². The fourth-order valence-corrected chi connectivity index (χ4v) is 5.11. The van der Waals surface area contributed by atoms with Crippen molar-refractivity contribution in [1.29, 1.82) is 0 Å². The Morgan fingerprint density at radius 2 is 1.58 bits per heavy atom. The maximum absolute atomic E-state index is 11.8. The monoisotopic (exact) mass is 466 g/mol. The molecule has 0 aromatic rings. The molecule has 0 aliphatic heterocycles. The number of esters is 1. The number of unbranched alkanes of at least 4 members (excludes halogenated alkanes) is 2. The van der Waals surface area contributed by atoms with Gasteiger partial charge in [0.2, 0.25) is 0 Å². The first-order valence-electron chi connectivity index (χ1n) is 13.0. The van der Waals surface area contributed by atoms with E-state index in [0.717, 1.165) is 44.4 Å². The molecule has 2 fully saturated rings. The molecule has 0 radical (unpaired) electrons. The zero-order chi connectivity index (χ0) is 23.9. The molecule has 2 aliphatic carbocycles. The number of carbonyl (C=O) groups excluding carboxylic acids is 1. The summed E-state index contributed by atoms with van der Waals surface area (Å²) < 4.78 is 22.5. The van der Waals surface area contributed by atoms with Crippen LogP contribution in [0, 0.1) is 17.8 Å². The van der Waals surface area contributed by atoms with E-state index in [1.807, 2.05) is 0 Å². The topological polar surface area (TPSA) is 74.2 Å². The van der Waals surface area contributed by atoms with Gasteiger partial charge >= 0.3 is 5.97 Å². The lowest BCUT2D eigenvalue weighted by molar-refractivity contribution is -0.142. The molecule has 0 aromatic heterocycles. The van der Waals surface area contributed by atoms with Crippen molar-refractivity contribution in [3.8, 4) is 0 Å². The van der Waals surface area contributed by atoms with Crippen molar-refractivity contribution < 1.29 is 28.8 Å². The quantitative estimate of drug-likeness (QED) is 0.148. The Morgan fingerprint density at radius 1 is 0.970 bits per heavy atom. The fraction of sp³-hybridized carbons (Fsp3) is 0.815. The van der Waals surface area contributed by atoms with Crippen LogP contribution >= 0.6 is 0 Å². The third-order valence-electron chi connectivity index (χ3n) is 7.28. The first kappa shape index (κ1) is 27.7. The number of aliphatic hydroxyl groups excluding tert-OH is 1. The number of carbonyl (C=O) groups is 1. The van der Waals surface area contributed by atoms with Crippen LogP contribution in [0.1, 0.15) is 84.0 Å².